The van der Waals surface area contributed by atoms with Crippen molar-refractivity contribution < 1.29 is 9.47 Å². The largest absolute Gasteiger partial charge is 0.487 e. The highest BCUT2D eigenvalue weighted by Gasteiger charge is 2.30. The number of benzene rings is 1. The average Bonchev–Trinajstić information content (AvgIpc) is 3.07. The van der Waals surface area contributed by atoms with Crippen molar-refractivity contribution in [3.63, 3.8) is 0 Å². The average molecular weight is 418 g/mol. The quantitative estimate of drug-likeness (QED) is 0.696. The fraction of sp³-hybridized carbons (Fsp3) is 0.375. The minimum absolute atomic E-state index is 0.120. The van der Waals surface area contributed by atoms with Crippen LogP contribution < -0.4 is 10.5 Å². The molecule has 0 radical (unpaired) electrons. The first kappa shape index (κ1) is 19.9. The first-order chi connectivity index (χ1) is 15.0. The minimum atomic E-state index is -0.127. The van der Waals surface area contributed by atoms with Gasteiger partial charge in [0.05, 0.1) is 12.3 Å². The van der Waals surface area contributed by atoms with E-state index in [1.165, 1.54) is 11.1 Å². The molecule has 0 unspecified atom stereocenters. The Kier molecular flexibility index (Phi) is 5.08. The summed E-state index contributed by atoms with van der Waals surface area (Å²) in [6, 6.07) is 10.3. The van der Waals surface area contributed by atoms with E-state index in [2.05, 4.69) is 51.9 Å². The number of fused-ring (bicyclic) bond motifs is 1. The van der Waals surface area contributed by atoms with E-state index in [-0.39, 0.29) is 11.7 Å². The smallest absolute Gasteiger partial charge is 0.123 e. The van der Waals surface area contributed by atoms with Gasteiger partial charge in [-0.25, -0.2) is 15.0 Å². The van der Waals surface area contributed by atoms with Gasteiger partial charge in [0.15, 0.2) is 0 Å². The van der Waals surface area contributed by atoms with E-state index >= 15 is 0 Å². The van der Waals surface area contributed by atoms with E-state index in [1.54, 1.807) is 12.5 Å². The molecule has 0 aliphatic carbocycles. The van der Waals surface area contributed by atoms with E-state index in [1.807, 2.05) is 18.3 Å². The van der Waals surface area contributed by atoms with Gasteiger partial charge in [0.25, 0.3) is 0 Å². The van der Waals surface area contributed by atoms with E-state index in [4.69, 9.17) is 15.2 Å². The number of nitrogen functional groups attached to an aromatic ring is 1. The maximum atomic E-state index is 6.13. The Morgan fingerprint density at radius 2 is 2.10 bits per heavy atom. The van der Waals surface area contributed by atoms with Crippen LogP contribution in [0.4, 0.5) is 5.82 Å². The molecular formula is C24H27N5O2. The number of hydrogen-bond acceptors (Lipinski definition) is 7. The van der Waals surface area contributed by atoms with Gasteiger partial charge in [0, 0.05) is 44.0 Å². The highest BCUT2D eigenvalue weighted by Crippen LogP contribution is 2.36. The fourth-order valence-electron chi connectivity index (χ4n) is 4.46. The zero-order valence-corrected chi connectivity index (χ0v) is 17.9. The van der Waals surface area contributed by atoms with Crippen LogP contribution in [0.1, 0.15) is 36.8 Å². The van der Waals surface area contributed by atoms with Gasteiger partial charge in [-0.3, -0.25) is 4.90 Å². The lowest BCUT2D eigenvalue weighted by atomic mass is 9.99. The molecule has 5 rings (SSSR count). The van der Waals surface area contributed by atoms with Crippen molar-refractivity contribution in [3.8, 4) is 16.9 Å². The third-order valence-electron chi connectivity index (χ3n) is 5.82. The Bertz CT molecular complexity index is 1100. The van der Waals surface area contributed by atoms with E-state index in [0.29, 0.717) is 12.4 Å². The number of anilines is 1. The summed E-state index contributed by atoms with van der Waals surface area (Å²) in [6.45, 7) is 7.45. The first-order valence-corrected chi connectivity index (χ1v) is 10.6. The molecule has 0 saturated carbocycles. The van der Waals surface area contributed by atoms with Crippen LogP contribution in [0.3, 0.4) is 0 Å². The molecule has 1 fully saturated rings. The molecule has 0 amide bonds. The summed E-state index contributed by atoms with van der Waals surface area (Å²) in [6.07, 6.45) is 5.92. The zero-order chi connectivity index (χ0) is 21.4. The number of hydrogen-bond donors (Lipinski definition) is 1. The summed E-state index contributed by atoms with van der Waals surface area (Å²) < 4.78 is 12.1. The number of aromatic nitrogens is 3. The highest BCUT2D eigenvalue weighted by molar-refractivity contribution is 5.67. The van der Waals surface area contributed by atoms with Crippen LogP contribution in [0, 0.1) is 0 Å². The second-order valence-corrected chi connectivity index (χ2v) is 8.87. The van der Waals surface area contributed by atoms with E-state index in [0.717, 1.165) is 48.6 Å². The summed E-state index contributed by atoms with van der Waals surface area (Å²) in [5.41, 5.74) is 11.1. The van der Waals surface area contributed by atoms with Crippen LogP contribution in [0.25, 0.3) is 11.1 Å². The lowest BCUT2D eigenvalue weighted by Gasteiger charge is -2.33. The number of morpholine rings is 1. The van der Waals surface area contributed by atoms with Gasteiger partial charge in [0.2, 0.25) is 0 Å². The van der Waals surface area contributed by atoms with Crippen LogP contribution in [0.15, 0.2) is 49.1 Å². The van der Waals surface area contributed by atoms with Crippen molar-refractivity contribution in [2.24, 2.45) is 0 Å². The van der Waals surface area contributed by atoms with Gasteiger partial charge in [-0.1, -0.05) is 12.1 Å². The maximum Gasteiger partial charge on any atom is 0.123 e. The summed E-state index contributed by atoms with van der Waals surface area (Å²) in [5.74, 6) is 1.48. The second kappa shape index (κ2) is 7.90. The van der Waals surface area contributed by atoms with Crippen LogP contribution in [-0.2, 0) is 17.7 Å². The van der Waals surface area contributed by atoms with Crippen molar-refractivity contribution in [1.29, 1.82) is 0 Å². The molecule has 0 spiro atoms. The van der Waals surface area contributed by atoms with Crippen molar-refractivity contribution >= 4 is 5.82 Å². The third kappa shape index (κ3) is 4.24. The Balaban J connectivity index is 1.34. The molecule has 2 aliphatic heterocycles. The molecule has 2 aromatic heterocycles. The monoisotopic (exact) mass is 417 g/mol. The highest BCUT2D eigenvalue weighted by atomic mass is 16.5. The van der Waals surface area contributed by atoms with Crippen molar-refractivity contribution in [1.82, 2.24) is 19.9 Å². The molecule has 2 aliphatic rings. The van der Waals surface area contributed by atoms with Crippen LogP contribution in [0.2, 0.25) is 0 Å². The summed E-state index contributed by atoms with van der Waals surface area (Å²) in [5, 5.41) is 0. The molecule has 2 N–H and O–H groups in total. The normalized spacial score (nSPS) is 20.3. The standard InChI is InChI=1S/C24H27N5O2/c1-24(2)11-18-9-16(3-4-20(18)31-24)13-29-7-8-30-21(14-29)23-19(12-26-15-28-23)17-5-6-27-22(25)10-17/h3-6,9-10,12,15,21H,7-8,11,13-14H2,1-2H3,(H2,25,27)/t21-/m1/s1. The molecule has 4 heterocycles. The van der Waals surface area contributed by atoms with Gasteiger partial charge < -0.3 is 15.2 Å². The van der Waals surface area contributed by atoms with Gasteiger partial charge >= 0.3 is 0 Å². The van der Waals surface area contributed by atoms with Crippen molar-refractivity contribution in [3.05, 3.63) is 65.9 Å². The molecule has 1 atom stereocenters. The van der Waals surface area contributed by atoms with Crippen molar-refractivity contribution in [2.45, 2.75) is 38.5 Å². The van der Waals surface area contributed by atoms with Crippen LogP contribution >= 0.6 is 0 Å². The van der Waals surface area contributed by atoms with E-state index in [9.17, 15) is 0 Å². The van der Waals surface area contributed by atoms with Crippen LogP contribution in [0.5, 0.6) is 5.75 Å². The molecule has 1 saturated heterocycles. The Morgan fingerprint density at radius 3 is 2.97 bits per heavy atom. The molecule has 7 heteroatoms. The lowest BCUT2D eigenvalue weighted by Crippen LogP contribution is -2.38. The van der Waals surface area contributed by atoms with Gasteiger partial charge in [-0.2, -0.15) is 0 Å². The summed E-state index contributed by atoms with van der Waals surface area (Å²) in [7, 11) is 0. The molecule has 31 heavy (non-hydrogen) atoms. The number of rotatable bonds is 4. The molecule has 160 valence electrons. The van der Waals surface area contributed by atoms with Gasteiger partial charge in [-0.15, -0.1) is 0 Å². The second-order valence-electron chi connectivity index (χ2n) is 8.87. The predicted molar refractivity (Wildman–Crippen MR) is 118 cm³/mol. The SMILES string of the molecule is CC1(C)Cc2cc(CN3CCO[C@@H](c4ncncc4-c4ccnc(N)c4)C3)ccc2O1. The third-order valence-corrected chi connectivity index (χ3v) is 5.82. The Labute approximate surface area is 182 Å². The summed E-state index contributed by atoms with van der Waals surface area (Å²) >= 11 is 0. The van der Waals surface area contributed by atoms with Crippen molar-refractivity contribution in [2.75, 3.05) is 25.4 Å². The zero-order valence-electron chi connectivity index (χ0n) is 17.9. The molecule has 7 nitrogen and oxygen atoms in total. The van der Waals surface area contributed by atoms with E-state index < -0.39 is 0 Å². The Morgan fingerprint density at radius 1 is 1.19 bits per heavy atom. The molecular weight excluding hydrogens is 390 g/mol. The topological polar surface area (TPSA) is 86.4 Å². The first-order valence-electron chi connectivity index (χ1n) is 10.6. The molecule has 3 aromatic rings. The number of pyridine rings is 1. The fourth-order valence-corrected chi connectivity index (χ4v) is 4.46. The summed E-state index contributed by atoms with van der Waals surface area (Å²) in [4.78, 5) is 15.3. The van der Waals surface area contributed by atoms with Crippen LogP contribution in [-0.4, -0.2) is 45.1 Å². The molecule has 1 aromatic carbocycles. The maximum absolute atomic E-state index is 6.13. The Hall–Kier alpha value is -3.03. The van der Waals surface area contributed by atoms with Gasteiger partial charge in [-0.05, 0) is 48.7 Å². The number of nitrogens with zero attached hydrogens (tertiary/aromatic N) is 4. The molecule has 0 bridgehead atoms. The minimum Gasteiger partial charge on any atom is -0.487 e. The van der Waals surface area contributed by atoms with Gasteiger partial charge in [0.1, 0.15) is 29.6 Å². The number of nitrogens with two attached hydrogens (primary N) is 1. The predicted octanol–water partition coefficient (Wildman–Crippen LogP) is 3.41. The lowest BCUT2D eigenvalue weighted by molar-refractivity contribution is -0.0347. The number of ether oxygens (including phenoxy) is 2.